The molecule has 0 aromatic heterocycles. The number of hydrogen-bond donors (Lipinski definition) is 8. The molecule has 0 amide bonds. The van der Waals surface area contributed by atoms with E-state index in [9.17, 15) is 51.9 Å². The van der Waals surface area contributed by atoms with Gasteiger partial charge in [0.15, 0.2) is 0 Å². The molecule has 278 valence electrons. The minimum atomic E-state index is -4.72. The van der Waals surface area contributed by atoms with E-state index in [0.717, 1.165) is 48.5 Å². The van der Waals surface area contributed by atoms with Crippen molar-refractivity contribution in [1.29, 1.82) is 0 Å². The van der Waals surface area contributed by atoms with Crippen molar-refractivity contribution in [2.75, 3.05) is 0 Å². The summed E-state index contributed by atoms with van der Waals surface area (Å²) in [4.78, 5) is -3.27. The summed E-state index contributed by atoms with van der Waals surface area (Å²) in [6.07, 6.45) is 0. The van der Waals surface area contributed by atoms with E-state index >= 15 is 0 Å². The van der Waals surface area contributed by atoms with Crippen LogP contribution in [0.1, 0.15) is 0 Å². The van der Waals surface area contributed by atoms with Crippen molar-refractivity contribution in [3.8, 4) is 46.0 Å². The molecule has 0 aliphatic rings. The van der Waals surface area contributed by atoms with Crippen LogP contribution >= 0.6 is 0 Å². The van der Waals surface area contributed by atoms with E-state index in [2.05, 4.69) is 0 Å². The smallest absolute Gasteiger partial charge is 0.744 e. The van der Waals surface area contributed by atoms with Gasteiger partial charge in [0.2, 0.25) is 0 Å². The molecule has 8 N–H and O–H groups in total. The quantitative estimate of drug-likeness (QED) is 0.0760. The predicted molar refractivity (Wildman–Crippen MR) is 151 cm³/mol. The SMILES string of the molecule is O=S(=O)([O-])c1cc(O)ccc1O.O=S(=O)([O-])c1cc(O)ccc1O.O=S(=O)([O-])c1cc(O)ccc1O.O=S(=O)([O-])c1cc(O)ccc1O.[Fe+2].[Ni+2]. The van der Waals surface area contributed by atoms with Crippen molar-refractivity contribution >= 4 is 40.5 Å². The molecule has 0 unspecified atom stereocenters. The van der Waals surface area contributed by atoms with E-state index in [1.165, 1.54) is 0 Å². The summed E-state index contributed by atoms with van der Waals surface area (Å²) in [7, 11) is -18.9. The molecule has 4 rings (SSSR count). The van der Waals surface area contributed by atoms with Gasteiger partial charge in [0, 0.05) is 24.3 Å². The summed E-state index contributed by atoms with van der Waals surface area (Å²) in [5.41, 5.74) is 0. The van der Waals surface area contributed by atoms with Gasteiger partial charge in [-0.25, -0.2) is 33.7 Å². The van der Waals surface area contributed by atoms with E-state index in [-0.39, 0.29) is 56.6 Å². The Bertz CT molecular complexity index is 1910. The zero-order valence-electron chi connectivity index (χ0n) is 23.7. The van der Waals surface area contributed by atoms with Crippen molar-refractivity contribution in [3.05, 3.63) is 72.8 Å². The number of phenols is 8. The molecule has 0 saturated heterocycles. The van der Waals surface area contributed by atoms with E-state index in [0.29, 0.717) is 24.3 Å². The third kappa shape index (κ3) is 15.7. The molecule has 4 aromatic rings. The first kappa shape index (κ1) is 48.0. The molecule has 0 fully saturated rings. The van der Waals surface area contributed by atoms with Crippen molar-refractivity contribution in [2.45, 2.75) is 19.6 Å². The summed E-state index contributed by atoms with van der Waals surface area (Å²) in [6, 6.07) is 10.8. The van der Waals surface area contributed by atoms with Crippen LogP contribution in [-0.2, 0) is 74.0 Å². The molecule has 0 radical (unpaired) electrons. The summed E-state index contributed by atoms with van der Waals surface area (Å²) in [5.74, 6) is -4.20. The largest absolute Gasteiger partial charge is 2.00 e. The van der Waals surface area contributed by atoms with Crippen molar-refractivity contribution in [3.63, 3.8) is 0 Å². The number of hydrogen-bond acceptors (Lipinski definition) is 20. The van der Waals surface area contributed by atoms with Gasteiger partial charge < -0.3 is 59.1 Å². The predicted octanol–water partition coefficient (Wildman–Crippen LogP) is 0.00260. The zero-order valence-corrected chi connectivity index (χ0v) is 29.1. The molecule has 20 nitrogen and oxygen atoms in total. The van der Waals surface area contributed by atoms with Gasteiger partial charge in [-0.3, -0.25) is 0 Å². The Morgan fingerprint density at radius 2 is 0.480 bits per heavy atom. The van der Waals surface area contributed by atoms with Crippen LogP contribution in [0.3, 0.4) is 0 Å². The van der Waals surface area contributed by atoms with Gasteiger partial charge in [-0.1, -0.05) is 0 Å². The molecule has 0 heterocycles. The van der Waals surface area contributed by atoms with E-state index in [1.807, 2.05) is 0 Å². The van der Waals surface area contributed by atoms with Crippen LogP contribution in [0.5, 0.6) is 46.0 Å². The second-order valence-electron chi connectivity index (χ2n) is 8.42. The van der Waals surface area contributed by atoms with Gasteiger partial charge in [0.05, 0.1) is 19.6 Å². The summed E-state index contributed by atoms with van der Waals surface area (Å²) in [6.45, 7) is 0. The summed E-state index contributed by atoms with van der Waals surface area (Å²) in [5, 5.41) is 70.7. The van der Waals surface area contributed by atoms with Crippen LogP contribution < -0.4 is 0 Å². The fraction of sp³-hybridized carbons (Fsp3) is 0. The molecule has 0 aliphatic heterocycles. The van der Waals surface area contributed by atoms with Gasteiger partial charge in [-0.15, -0.1) is 0 Å². The number of phenolic OH excluding ortho intramolecular Hbond substituents is 8. The molecule has 0 aliphatic carbocycles. The maximum Gasteiger partial charge on any atom is 2.00 e. The zero-order chi connectivity index (χ0) is 37.4. The first-order chi connectivity index (χ1) is 21.6. The fourth-order valence-corrected chi connectivity index (χ4v) is 5.17. The van der Waals surface area contributed by atoms with Crippen LogP contribution in [0, 0.1) is 0 Å². The molecule has 0 spiro atoms. The van der Waals surface area contributed by atoms with E-state index in [1.54, 1.807) is 0 Å². The molecule has 26 heteroatoms. The monoisotopic (exact) mass is 870 g/mol. The van der Waals surface area contributed by atoms with Gasteiger partial charge >= 0.3 is 33.6 Å². The Hall–Kier alpha value is -4.07. The third-order valence-electron chi connectivity index (χ3n) is 4.85. The van der Waals surface area contributed by atoms with Gasteiger partial charge in [0.1, 0.15) is 86.5 Å². The average molecular weight is 871 g/mol. The molecule has 0 atom stereocenters. The summed E-state index contributed by atoms with van der Waals surface area (Å²) < 4.78 is 125. The standard InChI is InChI=1S/4C6H6O5S.Fe.Ni/c4*7-4-1-2-5(8)6(3-4)12(9,10)11;;/h4*1-3,7-8H,(H,9,10,11);;/q;;;;2*+2/p-4. The molecule has 50 heavy (non-hydrogen) atoms. The van der Waals surface area contributed by atoms with Crippen LogP contribution in [0.2, 0.25) is 0 Å². The Morgan fingerprint density at radius 3 is 0.580 bits per heavy atom. The maximum atomic E-state index is 10.4. The molecule has 0 bridgehead atoms. The second-order valence-corrected chi connectivity index (χ2v) is 13.8. The van der Waals surface area contributed by atoms with Crippen LogP contribution in [0.25, 0.3) is 0 Å². The minimum absolute atomic E-state index is 0. The van der Waals surface area contributed by atoms with Gasteiger partial charge in [-0.2, -0.15) is 0 Å². The van der Waals surface area contributed by atoms with Gasteiger partial charge in [0.25, 0.3) is 0 Å². The Kier molecular flexibility index (Phi) is 18.1. The molecule has 4 aromatic carbocycles. The fourth-order valence-electron chi connectivity index (χ4n) is 2.81. The van der Waals surface area contributed by atoms with Crippen LogP contribution in [0.4, 0.5) is 0 Å². The second kappa shape index (κ2) is 18.8. The first-order valence-corrected chi connectivity index (χ1v) is 17.2. The Labute approximate surface area is 303 Å². The molecular formula is C24H20FeNiO20S4. The third-order valence-corrected chi connectivity index (χ3v) is 8.31. The Balaban J connectivity index is 0. The van der Waals surface area contributed by atoms with Crippen LogP contribution in [0.15, 0.2) is 92.4 Å². The number of benzene rings is 4. The maximum absolute atomic E-state index is 10.4. The minimum Gasteiger partial charge on any atom is -0.744 e. The van der Waals surface area contributed by atoms with E-state index < -0.39 is 83.1 Å². The molecular weight excluding hydrogens is 851 g/mol. The van der Waals surface area contributed by atoms with Crippen molar-refractivity contribution in [2.24, 2.45) is 0 Å². The molecule has 0 saturated carbocycles. The van der Waals surface area contributed by atoms with Gasteiger partial charge in [-0.05, 0) is 48.5 Å². The van der Waals surface area contributed by atoms with Crippen molar-refractivity contribution in [1.82, 2.24) is 0 Å². The normalized spacial score (nSPS) is 11.0. The van der Waals surface area contributed by atoms with Crippen LogP contribution in [-0.4, -0.2) is 92.7 Å². The first-order valence-electron chi connectivity index (χ1n) is 11.6. The summed E-state index contributed by atoms with van der Waals surface area (Å²) >= 11 is 0. The number of aromatic hydroxyl groups is 8. The Morgan fingerprint density at radius 1 is 0.340 bits per heavy atom. The average Bonchev–Trinajstić information content (AvgIpc) is 2.93. The van der Waals surface area contributed by atoms with E-state index in [4.69, 9.17) is 40.9 Å². The van der Waals surface area contributed by atoms with Crippen molar-refractivity contribution < 1.29 is 126 Å². The number of rotatable bonds is 4. The topological polar surface area (TPSA) is 391 Å².